The van der Waals surface area contributed by atoms with Gasteiger partial charge < -0.3 is 64.5 Å². The summed E-state index contributed by atoms with van der Waals surface area (Å²) in [5, 5.41) is 79.5. The molecule has 0 aliphatic carbocycles. The molecule has 1 aromatic carbocycles. The van der Waals surface area contributed by atoms with E-state index >= 15 is 0 Å². The standard InChI is InChI=1S/C22H30O14/c1-32-12-6-10(2-4-11(12)26)3-5-15(27)34-20-17(29)14(8-24)35-22(20,9-25)36-21-19(31)18(30)16(28)13(7-23)33-21/h2-6,13-14,16-21,23-26,28-31H,7-9H2,1H3/t13-,14-,16-,17-,18+,19-,20-,21+,22+/m1/s1. The summed E-state index contributed by atoms with van der Waals surface area (Å²) in [5.74, 6) is -3.35. The van der Waals surface area contributed by atoms with Gasteiger partial charge in [0.25, 0.3) is 0 Å². The number of carbonyl (C=O) groups is 1. The number of aromatic hydroxyl groups is 1. The van der Waals surface area contributed by atoms with Crippen LogP contribution < -0.4 is 4.74 Å². The van der Waals surface area contributed by atoms with Gasteiger partial charge in [-0.25, -0.2) is 4.79 Å². The molecule has 0 spiro atoms. The molecule has 2 fully saturated rings. The Labute approximate surface area is 205 Å². The number of esters is 1. The fourth-order valence-electron chi connectivity index (χ4n) is 3.90. The smallest absolute Gasteiger partial charge is 0.331 e. The van der Waals surface area contributed by atoms with Crippen molar-refractivity contribution in [2.75, 3.05) is 26.9 Å². The van der Waals surface area contributed by atoms with Crippen molar-refractivity contribution in [1.82, 2.24) is 0 Å². The van der Waals surface area contributed by atoms with E-state index in [4.69, 9.17) is 23.7 Å². The lowest BCUT2D eigenvalue weighted by molar-refractivity contribution is -0.383. The molecule has 0 amide bonds. The maximum absolute atomic E-state index is 12.5. The van der Waals surface area contributed by atoms with Gasteiger partial charge in [0, 0.05) is 6.08 Å². The molecule has 9 atom stereocenters. The van der Waals surface area contributed by atoms with Gasteiger partial charge in [-0.05, 0) is 23.8 Å². The first-order chi connectivity index (χ1) is 17.1. The zero-order valence-electron chi connectivity index (χ0n) is 19.2. The highest BCUT2D eigenvalue weighted by Gasteiger charge is 2.60. The zero-order valence-corrected chi connectivity index (χ0v) is 19.2. The number of phenolic OH excluding ortho intramolecular Hbond substituents is 1. The molecular formula is C22H30O14. The van der Waals surface area contributed by atoms with E-state index in [0.717, 1.165) is 6.08 Å². The summed E-state index contributed by atoms with van der Waals surface area (Å²) in [6, 6.07) is 4.27. The summed E-state index contributed by atoms with van der Waals surface area (Å²) in [5.41, 5.74) is 0.448. The van der Waals surface area contributed by atoms with Gasteiger partial charge in [0.2, 0.25) is 5.79 Å². The van der Waals surface area contributed by atoms with Crippen LogP contribution in [0.3, 0.4) is 0 Å². The van der Waals surface area contributed by atoms with Crippen molar-refractivity contribution >= 4 is 12.0 Å². The van der Waals surface area contributed by atoms with E-state index in [9.17, 15) is 45.6 Å². The summed E-state index contributed by atoms with van der Waals surface area (Å²) in [7, 11) is 1.35. The third-order valence-electron chi connectivity index (χ3n) is 5.90. The maximum atomic E-state index is 12.5. The first kappa shape index (κ1) is 28.2. The zero-order chi connectivity index (χ0) is 26.6. The molecular weight excluding hydrogens is 488 g/mol. The Balaban J connectivity index is 1.81. The lowest BCUT2D eigenvalue weighted by atomic mass is 9.99. The normalized spacial score (nSPS) is 36.8. The number of hydrogen-bond acceptors (Lipinski definition) is 14. The average molecular weight is 518 g/mol. The van der Waals surface area contributed by atoms with Crippen molar-refractivity contribution in [2.24, 2.45) is 0 Å². The minimum Gasteiger partial charge on any atom is -0.504 e. The van der Waals surface area contributed by atoms with Crippen LogP contribution in [0, 0.1) is 0 Å². The number of ether oxygens (including phenoxy) is 5. The lowest BCUT2D eigenvalue weighted by Gasteiger charge is -2.43. The van der Waals surface area contributed by atoms with Crippen molar-refractivity contribution in [3.05, 3.63) is 29.8 Å². The number of hydrogen-bond donors (Lipinski definition) is 8. The number of aliphatic hydroxyl groups excluding tert-OH is 7. The van der Waals surface area contributed by atoms with Crippen molar-refractivity contribution in [3.63, 3.8) is 0 Å². The van der Waals surface area contributed by atoms with E-state index in [2.05, 4.69) is 0 Å². The minimum atomic E-state index is -2.37. The second-order valence-corrected chi connectivity index (χ2v) is 8.24. The number of carbonyl (C=O) groups excluding carboxylic acids is 1. The monoisotopic (exact) mass is 518 g/mol. The number of phenols is 1. The molecule has 0 unspecified atom stereocenters. The van der Waals surface area contributed by atoms with Gasteiger partial charge in [-0.2, -0.15) is 0 Å². The van der Waals surface area contributed by atoms with Gasteiger partial charge in [-0.1, -0.05) is 6.07 Å². The van der Waals surface area contributed by atoms with Gasteiger partial charge in [0.1, 0.15) is 43.2 Å². The topological polar surface area (TPSA) is 225 Å². The minimum absolute atomic E-state index is 0.114. The third-order valence-corrected chi connectivity index (χ3v) is 5.90. The van der Waals surface area contributed by atoms with Crippen molar-refractivity contribution in [2.45, 2.75) is 54.8 Å². The molecule has 2 aliphatic rings. The van der Waals surface area contributed by atoms with E-state index in [1.54, 1.807) is 0 Å². The predicted molar refractivity (Wildman–Crippen MR) is 116 cm³/mol. The Hall–Kier alpha value is -2.37. The molecule has 0 aromatic heterocycles. The summed E-state index contributed by atoms with van der Waals surface area (Å²) in [4.78, 5) is 12.5. The molecule has 3 rings (SSSR count). The van der Waals surface area contributed by atoms with Crippen LogP contribution in [-0.4, -0.2) is 129 Å². The van der Waals surface area contributed by atoms with E-state index < -0.39 is 80.6 Å². The van der Waals surface area contributed by atoms with Crippen LogP contribution in [0.15, 0.2) is 24.3 Å². The van der Waals surface area contributed by atoms with E-state index in [0.29, 0.717) is 5.56 Å². The quantitative estimate of drug-likeness (QED) is 0.118. The van der Waals surface area contributed by atoms with Crippen molar-refractivity contribution in [1.29, 1.82) is 0 Å². The Kier molecular flexibility index (Phi) is 9.23. The second kappa shape index (κ2) is 11.8. The van der Waals surface area contributed by atoms with Crippen LogP contribution >= 0.6 is 0 Å². The van der Waals surface area contributed by atoms with Crippen molar-refractivity contribution < 1.29 is 69.3 Å². The van der Waals surface area contributed by atoms with Gasteiger partial charge in [0.15, 0.2) is 23.9 Å². The second-order valence-electron chi connectivity index (χ2n) is 8.24. The fourth-order valence-corrected chi connectivity index (χ4v) is 3.90. The molecule has 2 aliphatic heterocycles. The molecule has 0 bridgehead atoms. The first-order valence-electron chi connectivity index (χ1n) is 10.9. The SMILES string of the molecule is COc1cc(C=CC(=O)O[C@@H]2[C@H](O)[C@@H](CO)O[C@@]2(CO)O[C@@H]2O[C@H](CO)[C@@H](O)[C@H](O)[C@H]2O)ccc1O. The van der Waals surface area contributed by atoms with Crippen LogP contribution in [0.25, 0.3) is 6.08 Å². The molecule has 2 saturated heterocycles. The average Bonchev–Trinajstić information content (AvgIpc) is 3.14. The highest BCUT2D eigenvalue weighted by Crippen LogP contribution is 2.38. The number of benzene rings is 1. The first-order valence-corrected chi connectivity index (χ1v) is 10.9. The fraction of sp³-hybridized carbons (Fsp3) is 0.591. The Morgan fingerprint density at radius 1 is 1.03 bits per heavy atom. The van der Waals surface area contributed by atoms with E-state index in [1.165, 1.54) is 31.4 Å². The molecule has 14 heteroatoms. The molecule has 0 radical (unpaired) electrons. The van der Waals surface area contributed by atoms with Gasteiger partial charge in [-0.3, -0.25) is 0 Å². The van der Waals surface area contributed by atoms with Crippen LogP contribution in [-0.2, 0) is 23.7 Å². The summed E-state index contributed by atoms with van der Waals surface area (Å²) >= 11 is 0. The molecule has 1 aromatic rings. The van der Waals surface area contributed by atoms with Crippen LogP contribution in [0.2, 0.25) is 0 Å². The molecule has 14 nitrogen and oxygen atoms in total. The Bertz CT molecular complexity index is 922. The van der Waals surface area contributed by atoms with Crippen LogP contribution in [0.5, 0.6) is 11.5 Å². The van der Waals surface area contributed by atoms with Gasteiger partial charge in [-0.15, -0.1) is 0 Å². The maximum Gasteiger partial charge on any atom is 0.331 e. The molecule has 0 saturated carbocycles. The highest BCUT2D eigenvalue weighted by molar-refractivity contribution is 5.87. The number of aliphatic hydroxyl groups is 7. The van der Waals surface area contributed by atoms with Crippen LogP contribution in [0.1, 0.15) is 5.56 Å². The molecule has 36 heavy (non-hydrogen) atoms. The molecule has 2 heterocycles. The Morgan fingerprint density at radius 3 is 2.33 bits per heavy atom. The lowest BCUT2D eigenvalue weighted by Crippen LogP contribution is -2.63. The summed E-state index contributed by atoms with van der Waals surface area (Å²) in [6.45, 7) is -2.59. The summed E-state index contributed by atoms with van der Waals surface area (Å²) in [6.07, 6.45) is -11.1. The van der Waals surface area contributed by atoms with Gasteiger partial charge >= 0.3 is 5.97 Å². The third kappa shape index (κ3) is 5.63. The Morgan fingerprint density at radius 2 is 1.72 bits per heavy atom. The molecule has 202 valence electrons. The van der Waals surface area contributed by atoms with Crippen molar-refractivity contribution in [3.8, 4) is 11.5 Å². The highest BCUT2D eigenvalue weighted by atomic mass is 16.8. The van der Waals surface area contributed by atoms with Crippen LogP contribution in [0.4, 0.5) is 0 Å². The molecule has 8 N–H and O–H groups in total. The largest absolute Gasteiger partial charge is 0.504 e. The van der Waals surface area contributed by atoms with E-state index in [-0.39, 0.29) is 11.5 Å². The van der Waals surface area contributed by atoms with E-state index in [1.807, 2.05) is 0 Å². The number of methoxy groups -OCH3 is 1. The summed E-state index contributed by atoms with van der Waals surface area (Å²) < 4.78 is 26.5. The predicted octanol–water partition coefficient (Wildman–Crippen LogP) is -3.42. The van der Waals surface area contributed by atoms with Gasteiger partial charge in [0.05, 0.1) is 20.3 Å². The number of rotatable bonds is 9.